The van der Waals surface area contributed by atoms with Gasteiger partial charge in [-0.15, -0.1) is 13.2 Å². The third-order valence-electron chi connectivity index (χ3n) is 3.51. The first-order valence-electron chi connectivity index (χ1n) is 7.07. The lowest BCUT2D eigenvalue weighted by atomic mass is 9.98. The van der Waals surface area contributed by atoms with Gasteiger partial charge in [-0.25, -0.2) is 0 Å². The van der Waals surface area contributed by atoms with Crippen molar-refractivity contribution in [3.8, 4) is 0 Å². The van der Waals surface area contributed by atoms with Gasteiger partial charge in [-0.05, 0) is 38.9 Å². The van der Waals surface area contributed by atoms with E-state index in [1.807, 2.05) is 7.05 Å². The van der Waals surface area contributed by atoms with Crippen molar-refractivity contribution in [2.24, 2.45) is 5.92 Å². The van der Waals surface area contributed by atoms with Crippen molar-refractivity contribution in [3.05, 3.63) is 25.3 Å². The Bertz CT molecular complexity index is 292. The van der Waals surface area contributed by atoms with Crippen molar-refractivity contribution >= 4 is 5.91 Å². The average molecular weight is 265 g/mol. The zero-order valence-corrected chi connectivity index (χ0v) is 12.1. The van der Waals surface area contributed by atoms with Crippen LogP contribution in [0.1, 0.15) is 12.8 Å². The Morgan fingerprint density at radius 3 is 2.68 bits per heavy atom. The number of nitrogens with zero attached hydrogens (tertiary/aromatic N) is 2. The van der Waals surface area contributed by atoms with Crippen LogP contribution in [-0.2, 0) is 4.79 Å². The van der Waals surface area contributed by atoms with Crippen LogP contribution in [0.15, 0.2) is 25.3 Å². The van der Waals surface area contributed by atoms with Crippen LogP contribution in [-0.4, -0.2) is 62.0 Å². The smallest absolute Gasteiger partial charge is 0.237 e. The number of rotatable bonds is 8. The molecule has 0 saturated carbocycles. The molecule has 0 aliphatic carbocycles. The molecule has 0 aromatic carbocycles. The fourth-order valence-corrected chi connectivity index (χ4v) is 2.63. The lowest BCUT2D eigenvalue weighted by Gasteiger charge is -2.33. The van der Waals surface area contributed by atoms with Crippen LogP contribution >= 0.6 is 0 Å². The molecule has 108 valence electrons. The van der Waals surface area contributed by atoms with Gasteiger partial charge in [0, 0.05) is 19.6 Å². The van der Waals surface area contributed by atoms with E-state index in [4.69, 9.17) is 0 Å². The molecule has 4 heteroatoms. The van der Waals surface area contributed by atoms with Gasteiger partial charge in [0.25, 0.3) is 0 Å². The Labute approximate surface area is 117 Å². The molecule has 1 heterocycles. The van der Waals surface area contributed by atoms with Gasteiger partial charge < -0.3 is 10.2 Å². The number of likely N-dealkylation sites (tertiary alicyclic amines) is 1. The quantitative estimate of drug-likeness (QED) is 0.668. The molecule has 1 aliphatic heterocycles. The molecule has 1 N–H and O–H groups in total. The Kier molecular flexibility index (Phi) is 7.45. The molecule has 1 aliphatic rings. The monoisotopic (exact) mass is 265 g/mol. The highest BCUT2D eigenvalue weighted by atomic mass is 16.2. The summed E-state index contributed by atoms with van der Waals surface area (Å²) in [7, 11) is 1.99. The summed E-state index contributed by atoms with van der Waals surface area (Å²) >= 11 is 0. The number of amides is 1. The molecule has 0 aromatic heterocycles. The van der Waals surface area contributed by atoms with Crippen molar-refractivity contribution in [1.82, 2.24) is 15.1 Å². The standard InChI is InChI=1S/C15H27N3O/c1-4-8-18(9-5-2)15(19)13-17-10-6-7-14(12-17)11-16-3/h4-5,14,16H,1-2,6-13H2,3H3. The molecule has 0 spiro atoms. The van der Waals surface area contributed by atoms with E-state index >= 15 is 0 Å². The molecule has 1 amide bonds. The highest BCUT2D eigenvalue weighted by Crippen LogP contribution is 2.15. The van der Waals surface area contributed by atoms with Crippen molar-refractivity contribution in [1.29, 1.82) is 0 Å². The van der Waals surface area contributed by atoms with Crippen LogP contribution in [0.4, 0.5) is 0 Å². The van der Waals surface area contributed by atoms with Crippen LogP contribution in [0.25, 0.3) is 0 Å². The minimum atomic E-state index is 0.171. The van der Waals surface area contributed by atoms with Gasteiger partial charge in [-0.1, -0.05) is 12.2 Å². The lowest BCUT2D eigenvalue weighted by Crippen LogP contribution is -2.45. The van der Waals surface area contributed by atoms with E-state index in [1.54, 1.807) is 17.1 Å². The van der Waals surface area contributed by atoms with E-state index in [2.05, 4.69) is 23.4 Å². The fourth-order valence-electron chi connectivity index (χ4n) is 2.63. The molecule has 1 saturated heterocycles. The zero-order valence-electron chi connectivity index (χ0n) is 12.1. The predicted molar refractivity (Wildman–Crippen MR) is 80.1 cm³/mol. The molecule has 1 unspecified atom stereocenters. The summed E-state index contributed by atoms with van der Waals surface area (Å²) in [4.78, 5) is 16.3. The first-order chi connectivity index (χ1) is 9.21. The van der Waals surface area contributed by atoms with Gasteiger partial charge in [0.15, 0.2) is 0 Å². The molecule has 1 fully saturated rings. The van der Waals surface area contributed by atoms with Crippen molar-refractivity contribution in [2.45, 2.75) is 12.8 Å². The Balaban J connectivity index is 2.45. The molecular formula is C15H27N3O. The second kappa shape index (κ2) is 8.88. The van der Waals surface area contributed by atoms with Crippen LogP contribution < -0.4 is 5.32 Å². The molecule has 0 aromatic rings. The zero-order chi connectivity index (χ0) is 14.1. The number of piperidine rings is 1. The Hall–Kier alpha value is -1.13. The first-order valence-corrected chi connectivity index (χ1v) is 7.07. The molecule has 1 rings (SSSR count). The van der Waals surface area contributed by atoms with Crippen molar-refractivity contribution in [3.63, 3.8) is 0 Å². The number of hydrogen-bond acceptors (Lipinski definition) is 3. The lowest BCUT2D eigenvalue weighted by molar-refractivity contribution is -0.131. The molecule has 0 radical (unpaired) electrons. The maximum atomic E-state index is 12.2. The van der Waals surface area contributed by atoms with E-state index in [0.717, 1.165) is 19.6 Å². The molecular weight excluding hydrogens is 238 g/mol. The van der Waals surface area contributed by atoms with Gasteiger partial charge >= 0.3 is 0 Å². The number of carbonyl (C=O) groups is 1. The summed E-state index contributed by atoms with van der Waals surface area (Å²) in [6.07, 6.45) is 5.97. The van der Waals surface area contributed by atoms with Gasteiger partial charge in [0.1, 0.15) is 0 Å². The van der Waals surface area contributed by atoms with E-state index < -0.39 is 0 Å². The number of carbonyl (C=O) groups excluding carboxylic acids is 1. The van der Waals surface area contributed by atoms with Gasteiger partial charge in [0.05, 0.1) is 6.54 Å². The van der Waals surface area contributed by atoms with Crippen LogP contribution in [0.3, 0.4) is 0 Å². The highest BCUT2D eigenvalue weighted by molar-refractivity contribution is 5.78. The Morgan fingerprint density at radius 1 is 1.42 bits per heavy atom. The Morgan fingerprint density at radius 2 is 2.11 bits per heavy atom. The van der Waals surface area contributed by atoms with E-state index in [9.17, 15) is 4.79 Å². The highest BCUT2D eigenvalue weighted by Gasteiger charge is 2.22. The number of nitrogens with one attached hydrogen (secondary N) is 1. The van der Waals surface area contributed by atoms with E-state index in [0.29, 0.717) is 25.6 Å². The SMILES string of the molecule is C=CCN(CC=C)C(=O)CN1CCCC(CNC)C1. The largest absolute Gasteiger partial charge is 0.334 e. The predicted octanol–water partition coefficient (Wildman–Crippen LogP) is 1.12. The maximum Gasteiger partial charge on any atom is 0.237 e. The normalized spacial score (nSPS) is 19.9. The van der Waals surface area contributed by atoms with Crippen molar-refractivity contribution < 1.29 is 4.79 Å². The fraction of sp³-hybridized carbons (Fsp3) is 0.667. The topological polar surface area (TPSA) is 35.6 Å². The maximum absolute atomic E-state index is 12.2. The summed E-state index contributed by atoms with van der Waals surface area (Å²) in [5.74, 6) is 0.837. The molecule has 19 heavy (non-hydrogen) atoms. The second-order valence-corrected chi connectivity index (χ2v) is 5.18. The molecule has 4 nitrogen and oxygen atoms in total. The summed E-state index contributed by atoms with van der Waals surface area (Å²) in [5.41, 5.74) is 0. The molecule has 0 bridgehead atoms. The average Bonchev–Trinajstić information content (AvgIpc) is 2.39. The first kappa shape index (κ1) is 15.9. The van der Waals surface area contributed by atoms with E-state index in [1.165, 1.54) is 12.8 Å². The van der Waals surface area contributed by atoms with E-state index in [-0.39, 0.29) is 5.91 Å². The minimum Gasteiger partial charge on any atom is -0.334 e. The van der Waals surface area contributed by atoms with Crippen molar-refractivity contribution in [2.75, 3.05) is 46.3 Å². The number of hydrogen-bond donors (Lipinski definition) is 1. The third-order valence-corrected chi connectivity index (χ3v) is 3.51. The minimum absolute atomic E-state index is 0.171. The van der Waals surface area contributed by atoms with Gasteiger partial charge in [-0.3, -0.25) is 9.69 Å². The van der Waals surface area contributed by atoms with Crippen LogP contribution in [0, 0.1) is 5.92 Å². The summed E-state index contributed by atoms with van der Waals surface area (Å²) < 4.78 is 0. The summed E-state index contributed by atoms with van der Waals surface area (Å²) in [6, 6.07) is 0. The summed E-state index contributed by atoms with van der Waals surface area (Å²) in [6.45, 7) is 12.2. The van der Waals surface area contributed by atoms with Gasteiger partial charge in [-0.2, -0.15) is 0 Å². The molecule has 1 atom stereocenters. The van der Waals surface area contributed by atoms with Crippen LogP contribution in [0.5, 0.6) is 0 Å². The van der Waals surface area contributed by atoms with Gasteiger partial charge in [0.2, 0.25) is 5.91 Å². The second-order valence-electron chi connectivity index (χ2n) is 5.18. The third kappa shape index (κ3) is 5.57. The van der Waals surface area contributed by atoms with Crippen LogP contribution in [0.2, 0.25) is 0 Å². The summed E-state index contributed by atoms with van der Waals surface area (Å²) in [5, 5.41) is 3.23.